The quantitative estimate of drug-likeness (QED) is 0.587. The van der Waals surface area contributed by atoms with Gasteiger partial charge in [-0.25, -0.2) is 0 Å². The average molecular weight is 396 g/mol. The maximum absolute atomic E-state index is 10.1. The molecule has 3 rings (SSSR count). The molecule has 158 valence electrons. The number of unbranched alkanes of at least 4 members (excludes halogenated alkanes) is 2. The van der Waals surface area contributed by atoms with Crippen LogP contribution in [-0.4, -0.2) is 59.9 Å². The van der Waals surface area contributed by atoms with Crippen LogP contribution < -0.4 is 4.74 Å². The van der Waals surface area contributed by atoms with Gasteiger partial charge >= 0.3 is 0 Å². The van der Waals surface area contributed by atoms with Crippen molar-refractivity contribution in [1.82, 2.24) is 0 Å². The summed E-state index contributed by atoms with van der Waals surface area (Å²) in [7, 11) is 0. The standard InChI is InChI=1S/C21H32O7/c1-4-5-6-11-24-15-9-7-14(8-10-15)13-25-18-17(16(23)12-22)26-20-19(18)27-21(2,3)28-20/h7-10,16-20,22-23H,4-6,11-13H2,1-3H3/t16-,17-,18+,19-,20+/m1/s1. The summed E-state index contributed by atoms with van der Waals surface area (Å²) in [6.07, 6.45) is -0.00224. The van der Waals surface area contributed by atoms with Crippen molar-refractivity contribution in [2.75, 3.05) is 13.2 Å². The van der Waals surface area contributed by atoms with E-state index in [1.165, 1.54) is 12.8 Å². The SMILES string of the molecule is CCCCCOc1ccc(CO[C@@H]2[C@H]3OC(C)(C)O[C@@H]3O[C@@H]2[C@H](O)CO)cc1. The predicted molar refractivity (Wildman–Crippen MR) is 102 cm³/mol. The number of fused-ring (bicyclic) bond motifs is 1. The van der Waals surface area contributed by atoms with Crippen LogP contribution >= 0.6 is 0 Å². The van der Waals surface area contributed by atoms with Gasteiger partial charge in [0.05, 0.1) is 19.8 Å². The van der Waals surface area contributed by atoms with E-state index >= 15 is 0 Å². The lowest BCUT2D eigenvalue weighted by Crippen LogP contribution is -2.44. The largest absolute Gasteiger partial charge is 0.494 e. The molecule has 5 atom stereocenters. The van der Waals surface area contributed by atoms with E-state index in [0.29, 0.717) is 6.61 Å². The number of hydrogen-bond donors (Lipinski definition) is 2. The van der Waals surface area contributed by atoms with E-state index in [1.54, 1.807) is 0 Å². The number of ether oxygens (including phenoxy) is 5. The Balaban J connectivity index is 1.56. The first-order valence-electron chi connectivity index (χ1n) is 10.1. The maximum Gasteiger partial charge on any atom is 0.190 e. The van der Waals surface area contributed by atoms with Crippen molar-refractivity contribution in [3.63, 3.8) is 0 Å². The zero-order chi connectivity index (χ0) is 20.1. The van der Waals surface area contributed by atoms with Crippen LogP contribution in [0.25, 0.3) is 0 Å². The van der Waals surface area contributed by atoms with Crippen molar-refractivity contribution in [3.8, 4) is 5.75 Å². The molecule has 7 heteroatoms. The second-order valence-electron chi connectivity index (χ2n) is 7.79. The Morgan fingerprint density at radius 3 is 2.57 bits per heavy atom. The van der Waals surface area contributed by atoms with Gasteiger partial charge in [0.1, 0.15) is 30.2 Å². The third-order valence-corrected chi connectivity index (χ3v) is 4.98. The molecular weight excluding hydrogens is 364 g/mol. The molecular formula is C21H32O7. The molecule has 2 heterocycles. The summed E-state index contributed by atoms with van der Waals surface area (Å²) in [5.41, 5.74) is 0.972. The highest BCUT2D eigenvalue weighted by Crippen LogP contribution is 2.39. The lowest BCUT2D eigenvalue weighted by Gasteiger charge is -2.28. The number of aliphatic hydroxyl groups is 2. The van der Waals surface area contributed by atoms with E-state index < -0.39 is 43.1 Å². The molecule has 2 aliphatic rings. The van der Waals surface area contributed by atoms with Crippen molar-refractivity contribution >= 4 is 0 Å². The Bertz CT molecular complexity index is 603. The van der Waals surface area contributed by atoms with Crippen molar-refractivity contribution in [2.45, 2.75) is 83.1 Å². The van der Waals surface area contributed by atoms with Crippen LogP contribution in [0.5, 0.6) is 5.75 Å². The minimum absolute atomic E-state index is 0.325. The molecule has 0 aromatic heterocycles. The van der Waals surface area contributed by atoms with Crippen molar-refractivity contribution in [1.29, 1.82) is 0 Å². The minimum Gasteiger partial charge on any atom is -0.494 e. The van der Waals surface area contributed by atoms with Gasteiger partial charge in [0.25, 0.3) is 0 Å². The highest BCUT2D eigenvalue weighted by molar-refractivity contribution is 5.26. The number of rotatable bonds is 10. The summed E-state index contributed by atoms with van der Waals surface area (Å²) in [5, 5.41) is 19.4. The predicted octanol–water partition coefficient (Wildman–Crippen LogP) is 2.37. The van der Waals surface area contributed by atoms with Crippen LogP contribution in [0.4, 0.5) is 0 Å². The van der Waals surface area contributed by atoms with Gasteiger partial charge in [-0.15, -0.1) is 0 Å². The van der Waals surface area contributed by atoms with Gasteiger partial charge in [-0.1, -0.05) is 31.9 Å². The number of aliphatic hydroxyl groups excluding tert-OH is 2. The van der Waals surface area contributed by atoms with E-state index in [1.807, 2.05) is 38.1 Å². The number of benzene rings is 1. The van der Waals surface area contributed by atoms with Crippen LogP contribution in [0, 0.1) is 0 Å². The first-order chi connectivity index (χ1) is 13.4. The molecule has 2 aliphatic heterocycles. The van der Waals surface area contributed by atoms with Crippen LogP contribution in [0.1, 0.15) is 45.6 Å². The Morgan fingerprint density at radius 1 is 1.14 bits per heavy atom. The molecule has 2 fully saturated rings. The van der Waals surface area contributed by atoms with E-state index in [0.717, 1.165) is 24.3 Å². The summed E-state index contributed by atoms with van der Waals surface area (Å²) in [6, 6.07) is 7.76. The Kier molecular flexibility index (Phi) is 7.31. The van der Waals surface area contributed by atoms with E-state index in [2.05, 4.69) is 6.92 Å². The molecule has 2 N–H and O–H groups in total. The van der Waals surface area contributed by atoms with Gasteiger partial charge in [0.15, 0.2) is 12.1 Å². The Morgan fingerprint density at radius 2 is 1.89 bits per heavy atom. The summed E-state index contributed by atoms with van der Waals surface area (Å²) in [6.45, 7) is 6.41. The smallest absolute Gasteiger partial charge is 0.190 e. The van der Waals surface area contributed by atoms with Crippen molar-refractivity contribution in [2.24, 2.45) is 0 Å². The molecule has 0 radical (unpaired) electrons. The topological polar surface area (TPSA) is 86.6 Å². The summed E-state index contributed by atoms with van der Waals surface area (Å²) in [5.74, 6) is 0.0648. The second-order valence-corrected chi connectivity index (χ2v) is 7.79. The molecule has 1 aromatic rings. The van der Waals surface area contributed by atoms with Crippen LogP contribution in [0.15, 0.2) is 24.3 Å². The van der Waals surface area contributed by atoms with Crippen LogP contribution in [0.3, 0.4) is 0 Å². The van der Waals surface area contributed by atoms with Crippen LogP contribution in [-0.2, 0) is 25.6 Å². The molecule has 1 aromatic carbocycles. The van der Waals surface area contributed by atoms with Crippen LogP contribution in [0.2, 0.25) is 0 Å². The van der Waals surface area contributed by atoms with Gasteiger partial charge in [0, 0.05) is 0 Å². The molecule has 0 aliphatic carbocycles. The van der Waals surface area contributed by atoms with Gasteiger partial charge in [-0.05, 0) is 38.0 Å². The molecule has 28 heavy (non-hydrogen) atoms. The lowest BCUT2D eigenvalue weighted by molar-refractivity contribution is -0.232. The summed E-state index contributed by atoms with van der Waals surface area (Å²) < 4.78 is 29.1. The van der Waals surface area contributed by atoms with Gasteiger partial charge < -0.3 is 33.9 Å². The molecule has 7 nitrogen and oxygen atoms in total. The number of hydrogen-bond acceptors (Lipinski definition) is 7. The van der Waals surface area contributed by atoms with Crippen molar-refractivity contribution < 1.29 is 33.9 Å². The first kappa shape index (κ1) is 21.5. The van der Waals surface area contributed by atoms with E-state index in [4.69, 9.17) is 23.7 Å². The fourth-order valence-electron chi connectivity index (χ4n) is 3.52. The van der Waals surface area contributed by atoms with Gasteiger partial charge in [0.2, 0.25) is 0 Å². The van der Waals surface area contributed by atoms with E-state index in [9.17, 15) is 10.2 Å². The first-order valence-corrected chi connectivity index (χ1v) is 10.1. The summed E-state index contributed by atoms with van der Waals surface area (Å²) in [4.78, 5) is 0. The highest BCUT2D eigenvalue weighted by Gasteiger charge is 2.56. The average Bonchev–Trinajstić information content (AvgIpc) is 3.15. The Labute approximate surface area is 166 Å². The molecule has 0 saturated carbocycles. The molecule has 0 unspecified atom stereocenters. The van der Waals surface area contributed by atoms with Gasteiger partial charge in [-0.2, -0.15) is 0 Å². The van der Waals surface area contributed by atoms with E-state index in [-0.39, 0.29) is 0 Å². The third-order valence-electron chi connectivity index (χ3n) is 4.98. The highest BCUT2D eigenvalue weighted by atomic mass is 16.8. The zero-order valence-corrected chi connectivity index (χ0v) is 16.9. The maximum atomic E-state index is 10.1. The minimum atomic E-state index is -1.06. The fourth-order valence-corrected chi connectivity index (χ4v) is 3.52. The monoisotopic (exact) mass is 396 g/mol. The zero-order valence-electron chi connectivity index (χ0n) is 16.9. The molecule has 0 spiro atoms. The Hall–Kier alpha value is -1.22. The summed E-state index contributed by atoms with van der Waals surface area (Å²) >= 11 is 0. The lowest BCUT2D eigenvalue weighted by atomic mass is 10.1. The molecule has 2 saturated heterocycles. The molecule has 0 bridgehead atoms. The third kappa shape index (κ3) is 5.23. The van der Waals surface area contributed by atoms with Gasteiger partial charge in [-0.3, -0.25) is 0 Å². The fraction of sp³-hybridized carbons (Fsp3) is 0.714. The molecule has 0 amide bonds. The normalized spacial score (nSPS) is 29.6. The second kappa shape index (κ2) is 9.52. The van der Waals surface area contributed by atoms with Crippen molar-refractivity contribution in [3.05, 3.63) is 29.8 Å².